The Morgan fingerprint density at radius 2 is 1.95 bits per heavy atom. The zero-order valence-electron chi connectivity index (χ0n) is 12.1. The van der Waals surface area contributed by atoms with Gasteiger partial charge in [0.2, 0.25) is 0 Å². The van der Waals surface area contributed by atoms with Crippen LogP contribution in [0, 0.1) is 0 Å². The molecular formula is C17H19NO2S. The highest BCUT2D eigenvalue weighted by atomic mass is 32.1. The van der Waals surface area contributed by atoms with Crippen LogP contribution in [0.25, 0.3) is 0 Å². The van der Waals surface area contributed by atoms with Crippen molar-refractivity contribution in [2.75, 3.05) is 12.8 Å². The van der Waals surface area contributed by atoms with Gasteiger partial charge in [-0.2, -0.15) is 0 Å². The van der Waals surface area contributed by atoms with Gasteiger partial charge in [0.25, 0.3) is 0 Å². The van der Waals surface area contributed by atoms with Crippen molar-refractivity contribution in [1.82, 2.24) is 0 Å². The van der Waals surface area contributed by atoms with Crippen molar-refractivity contribution in [3.05, 3.63) is 45.8 Å². The molecule has 3 nitrogen and oxygen atoms in total. The van der Waals surface area contributed by atoms with E-state index in [-0.39, 0.29) is 5.78 Å². The second kappa shape index (κ2) is 5.90. The summed E-state index contributed by atoms with van der Waals surface area (Å²) in [7, 11) is 1.59. The van der Waals surface area contributed by atoms with Gasteiger partial charge in [-0.05, 0) is 43.4 Å². The van der Waals surface area contributed by atoms with E-state index in [2.05, 4.69) is 0 Å². The highest BCUT2D eigenvalue weighted by molar-refractivity contribution is 7.16. The second-order valence-electron chi connectivity index (χ2n) is 5.33. The smallest absolute Gasteiger partial charge is 0.199 e. The molecule has 0 atom stereocenters. The number of fused-ring (bicyclic) bond motifs is 1. The first kappa shape index (κ1) is 14.1. The maximum Gasteiger partial charge on any atom is 0.199 e. The molecule has 2 aromatic rings. The van der Waals surface area contributed by atoms with Crippen LogP contribution in [-0.4, -0.2) is 12.9 Å². The van der Waals surface area contributed by atoms with Gasteiger partial charge in [0, 0.05) is 4.88 Å². The quantitative estimate of drug-likeness (QED) is 0.692. The predicted molar refractivity (Wildman–Crippen MR) is 86.4 cm³/mol. The molecule has 0 saturated heterocycles. The molecule has 0 saturated carbocycles. The number of para-hydroxylation sites is 1. The number of thiophene rings is 1. The molecule has 0 radical (unpaired) electrons. The lowest BCUT2D eigenvalue weighted by molar-refractivity contribution is 0.103. The Kier molecular flexibility index (Phi) is 3.97. The van der Waals surface area contributed by atoms with Crippen molar-refractivity contribution in [3.8, 4) is 5.75 Å². The molecule has 1 aromatic heterocycles. The van der Waals surface area contributed by atoms with E-state index in [4.69, 9.17) is 10.5 Å². The number of ether oxygens (including phenoxy) is 1. The van der Waals surface area contributed by atoms with Gasteiger partial charge in [0.1, 0.15) is 5.75 Å². The standard InChI is InChI=1S/C17H19NO2S/c1-20-13-9-6-5-7-11(13)16(19)15-12-8-3-2-4-10-14(12)21-17(15)18/h5-7,9H,2-4,8,10,18H2,1H3. The van der Waals surface area contributed by atoms with E-state index < -0.39 is 0 Å². The van der Waals surface area contributed by atoms with Crippen LogP contribution in [0.15, 0.2) is 24.3 Å². The molecule has 1 aliphatic carbocycles. The highest BCUT2D eigenvalue weighted by Gasteiger charge is 2.25. The van der Waals surface area contributed by atoms with Gasteiger partial charge in [-0.3, -0.25) is 4.79 Å². The number of carbonyl (C=O) groups is 1. The first-order valence-corrected chi connectivity index (χ1v) is 8.11. The molecule has 0 bridgehead atoms. The van der Waals surface area contributed by atoms with Gasteiger partial charge in [-0.15, -0.1) is 11.3 Å². The summed E-state index contributed by atoms with van der Waals surface area (Å²) in [5, 5.41) is 0.651. The van der Waals surface area contributed by atoms with Crippen molar-refractivity contribution < 1.29 is 9.53 Å². The summed E-state index contributed by atoms with van der Waals surface area (Å²) in [5.41, 5.74) is 8.63. The third kappa shape index (κ3) is 2.56. The van der Waals surface area contributed by atoms with Gasteiger partial charge in [0.15, 0.2) is 5.78 Å². The highest BCUT2D eigenvalue weighted by Crippen LogP contribution is 2.37. The lowest BCUT2D eigenvalue weighted by Gasteiger charge is -2.09. The number of anilines is 1. The summed E-state index contributed by atoms with van der Waals surface area (Å²) in [6.07, 6.45) is 5.55. The summed E-state index contributed by atoms with van der Waals surface area (Å²) < 4.78 is 5.31. The zero-order chi connectivity index (χ0) is 14.8. The van der Waals surface area contributed by atoms with Crippen LogP contribution in [0.2, 0.25) is 0 Å². The lowest BCUT2D eigenvalue weighted by Crippen LogP contribution is -2.08. The molecule has 3 rings (SSSR count). The van der Waals surface area contributed by atoms with Gasteiger partial charge in [0.05, 0.1) is 23.2 Å². The molecule has 0 unspecified atom stereocenters. The fourth-order valence-electron chi connectivity index (χ4n) is 2.98. The first-order chi connectivity index (χ1) is 10.2. The van der Waals surface area contributed by atoms with E-state index in [1.807, 2.05) is 18.2 Å². The van der Waals surface area contributed by atoms with Gasteiger partial charge in [-0.25, -0.2) is 0 Å². The monoisotopic (exact) mass is 301 g/mol. The van der Waals surface area contributed by atoms with Crippen LogP contribution in [0.4, 0.5) is 5.00 Å². The Labute approximate surface area is 128 Å². The van der Waals surface area contributed by atoms with Crippen LogP contribution >= 0.6 is 11.3 Å². The molecule has 4 heteroatoms. The van der Waals surface area contributed by atoms with Gasteiger partial charge in [-0.1, -0.05) is 18.6 Å². The Morgan fingerprint density at radius 1 is 1.19 bits per heavy atom. The van der Waals surface area contributed by atoms with E-state index in [1.165, 1.54) is 23.3 Å². The number of aryl methyl sites for hydroxylation is 1. The number of nitrogen functional groups attached to an aromatic ring is 1. The van der Waals surface area contributed by atoms with Crippen molar-refractivity contribution in [2.45, 2.75) is 32.1 Å². The third-order valence-corrected chi connectivity index (χ3v) is 5.15. The van der Waals surface area contributed by atoms with Crippen LogP contribution in [0.5, 0.6) is 5.75 Å². The first-order valence-electron chi connectivity index (χ1n) is 7.30. The maximum atomic E-state index is 12.9. The van der Waals surface area contributed by atoms with Crippen molar-refractivity contribution in [2.24, 2.45) is 0 Å². The van der Waals surface area contributed by atoms with Crippen LogP contribution in [0.1, 0.15) is 45.6 Å². The van der Waals surface area contributed by atoms with Crippen LogP contribution in [-0.2, 0) is 12.8 Å². The molecule has 0 fully saturated rings. The molecule has 0 spiro atoms. The van der Waals surface area contributed by atoms with Crippen LogP contribution in [0.3, 0.4) is 0 Å². The lowest BCUT2D eigenvalue weighted by atomic mass is 9.97. The SMILES string of the molecule is COc1ccccc1C(=O)c1c(N)sc2c1CCCCC2. The predicted octanol–water partition coefficient (Wildman–Crippen LogP) is 3.84. The molecule has 0 amide bonds. The second-order valence-corrected chi connectivity index (χ2v) is 6.47. The maximum absolute atomic E-state index is 12.9. The topological polar surface area (TPSA) is 52.3 Å². The fourth-order valence-corrected chi connectivity index (χ4v) is 4.14. The number of nitrogens with two attached hydrogens (primary N) is 1. The third-order valence-electron chi connectivity index (χ3n) is 4.03. The van der Waals surface area contributed by atoms with Crippen molar-refractivity contribution >= 4 is 22.1 Å². The minimum atomic E-state index is -0.00986. The van der Waals surface area contributed by atoms with Crippen LogP contribution < -0.4 is 10.5 Å². The minimum Gasteiger partial charge on any atom is -0.496 e. The molecule has 0 aliphatic heterocycles. The average Bonchev–Trinajstić information content (AvgIpc) is 2.67. The molecule has 1 aromatic carbocycles. The van der Waals surface area contributed by atoms with E-state index >= 15 is 0 Å². The summed E-state index contributed by atoms with van der Waals surface area (Å²) in [6.45, 7) is 0. The molecular weight excluding hydrogens is 282 g/mol. The number of rotatable bonds is 3. The number of carbonyl (C=O) groups excluding carboxylic acids is 1. The Bertz CT molecular complexity index is 675. The fraction of sp³-hybridized carbons (Fsp3) is 0.353. The summed E-state index contributed by atoms with van der Waals surface area (Å²) in [4.78, 5) is 14.2. The van der Waals surface area contributed by atoms with E-state index in [0.717, 1.165) is 19.3 Å². The number of ketones is 1. The van der Waals surface area contributed by atoms with E-state index in [0.29, 0.717) is 21.9 Å². The van der Waals surface area contributed by atoms with Crippen molar-refractivity contribution in [3.63, 3.8) is 0 Å². The van der Waals surface area contributed by atoms with Gasteiger partial charge < -0.3 is 10.5 Å². The summed E-state index contributed by atoms with van der Waals surface area (Å²) in [6, 6.07) is 7.35. The Balaban J connectivity index is 2.08. The molecule has 1 heterocycles. The van der Waals surface area contributed by atoms with Gasteiger partial charge >= 0.3 is 0 Å². The number of hydrogen-bond donors (Lipinski definition) is 1. The Hall–Kier alpha value is -1.81. The summed E-state index contributed by atoms with van der Waals surface area (Å²) in [5.74, 6) is 0.597. The number of methoxy groups -OCH3 is 1. The molecule has 21 heavy (non-hydrogen) atoms. The molecule has 2 N–H and O–H groups in total. The summed E-state index contributed by atoms with van der Waals surface area (Å²) >= 11 is 1.58. The molecule has 1 aliphatic rings. The average molecular weight is 301 g/mol. The molecule has 110 valence electrons. The normalized spacial score (nSPS) is 14.3. The van der Waals surface area contributed by atoms with Crippen molar-refractivity contribution in [1.29, 1.82) is 0 Å². The number of benzene rings is 1. The zero-order valence-corrected chi connectivity index (χ0v) is 13.0. The van der Waals surface area contributed by atoms with E-state index in [1.54, 1.807) is 24.5 Å². The van der Waals surface area contributed by atoms with E-state index in [9.17, 15) is 4.79 Å². The Morgan fingerprint density at radius 3 is 2.76 bits per heavy atom. The number of hydrogen-bond acceptors (Lipinski definition) is 4. The minimum absolute atomic E-state index is 0.00986. The largest absolute Gasteiger partial charge is 0.496 e.